The van der Waals surface area contributed by atoms with Gasteiger partial charge in [0.05, 0.1) is 13.6 Å². The molecule has 5 rings (SSSR count). The summed E-state index contributed by atoms with van der Waals surface area (Å²) in [6, 6.07) is 18.9. The second-order valence-electron chi connectivity index (χ2n) is 9.25. The number of aryl methyl sites for hydroxylation is 3. The molecular formula is C27H28NOSi+. The molecule has 3 heteroatoms. The number of fused-ring (bicyclic) bond motifs is 5. The average Bonchev–Trinajstić information content (AvgIpc) is 3.11. The van der Waals surface area contributed by atoms with Gasteiger partial charge in [0.1, 0.15) is 18.2 Å². The zero-order valence-corrected chi connectivity index (χ0v) is 19.1. The molecule has 0 fully saturated rings. The lowest BCUT2D eigenvalue weighted by molar-refractivity contribution is -0.660. The van der Waals surface area contributed by atoms with Crippen molar-refractivity contribution in [2.24, 2.45) is 7.05 Å². The molecule has 0 bridgehead atoms. The highest BCUT2D eigenvalue weighted by molar-refractivity contribution is 6.89. The minimum Gasteiger partial charge on any atom is -0.454 e. The van der Waals surface area contributed by atoms with E-state index in [2.05, 4.69) is 69.0 Å². The van der Waals surface area contributed by atoms with Gasteiger partial charge in [-0.2, -0.15) is 0 Å². The highest BCUT2D eigenvalue weighted by atomic mass is 28.3. The van der Waals surface area contributed by atoms with Crippen molar-refractivity contribution in [2.45, 2.75) is 33.4 Å². The van der Waals surface area contributed by atoms with Gasteiger partial charge in [-0.25, -0.2) is 4.57 Å². The zero-order valence-electron chi connectivity index (χ0n) is 21.1. The van der Waals surface area contributed by atoms with Crippen LogP contribution >= 0.6 is 0 Å². The van der Waals surface area contributed by atoms with E-state index in [1.807, 2.05) is 23.7 Å². The fraction of sp³-hybridized carbons (Fsp3) is 0.222. The maximum absolute atomic E-state index is 8.11. The fourth-order valence-electron chi connectivity index (χ4n) is 4.50. The van der Waals surface area contributed by atoms with Crippen LogP contribution in [-0.4, -0.2) is 8.07 Å². The molecule has 2 nitrogen and oxygen atoms in total. The highest BCUT2D eigenvalue weighted by Gasteiger charge is 2.27. The monoisotopic (exact) mass is 413 g/mol. The number of aromatic nitrogens is 1. The van der Waals surface area contributed by atoms with E-state index in [1.54, 1.807) is 6.20 Å². The SMILES string of the molecule is [2H]C([2H])([2H])c1c[n+](C)c(-c2c(C)ccc3c2oc2c4ccccc4ccc32)cc1[Si](C)(C)C. The van der Waals surface area contributed by atoms with Crippen LogP contribution < -0.4 is 9.75 Å². The van der Waals surface area contributed by atoms with Crippen molar-refractivity contribution >= 4 is 46.0 Å². The number of pyridine rings is 1. The largest absolute Gasteiger partial charge is 0.454 e. The minimum atomic E-state index is -2.15. The Bertz CT molecular complexity index is 1560. The molecule has 5 aromatic rings. The van der Waals surface area contributed by atoms with Crippen LogP contribution in [0.3, 0.4) is 0 Å². The molecule has 0 atom stereocenters. The summed E-state index contributed by atoms with van der Waals surface area (Å²) in [6.07, 6.45) is 1.80. The van der Waals surface area contributed by atoms with E-state index in [0.717, 1.165) is 54.7 Å². The molecule has 0 aliphatic heterocycles. The van der Waals surface area contributed by atoms with Crippen LogP contribution in [0.5, 0.6) is 0 Å². The summed E-state index contributed by atoms with van der Waals surface area (Å²) in [5.41, 5.74) is 5.29. The molecule has 0 aliphatic rings. The van der Waals surface area contributed by atoms with Gasteiger partial charge in [-0.3, -0.25) is 0 Å². The first-order valence-corrected chi connectivity index (χ1v) is 13.9. The van der Waals surface area contributed by atoms with Crippen LogP contribution in [0.15, 0.2) is 65.2 Å². The smallest absolute Gasteiger partial charge is 0.216 e. The maximum atomic E-state index is 8.11. The Morgan fingerprint density at radius 1 is 0.867 bits per heavy atom. The Balaban J connectivity index is 1.89. The topological polar surface area (TPSA) is 17.0 Å². The third-order valence-electron chi connectivity index (χ3n) is 6.08. The van der Waals surface area contributed by atoms with Crippen molar-refractivity contribution in [3.8, 4) is 11.3 Å². The highest BCUT2D eigenvalue weighted by Crippen LogP contribution is 2.39. The first kappa shape index (κ1) is 15.9. The van der Waals surface area contributed by atoms with E-state index >= 15 is 0 Å². The van der Waals surface area contributed by atoms with Gasteiger partial charge in [-0.05, 0) is 36.0 Å². The van der Waals surface area contributed by atoms with E-state index in [1.165, 1.54) is 0 Å². The molecule has 3 aromatic carbocycles. The van der Waals surface area contributed by atoms with E-state index in [0.29, 0.717) is 5.56 Å². The average molecular weight is 414 g/mol. The molecule has 0 saturated heterocycles. The van der Waals surface area contributed by atoms with Crippen LogP contribution in [0.2, 0.25) is 19.6 Å². The molecule has 0 unspecified atom stereocenters. The van der Waals surface area contributed by atoms with Crippen LogP contribution in [0.4, 0.5) is 0 Å². The summed E-state index contributed by atoms with van der Waals surface area (Å²) < 4.78 is 32.9. The van der Waals surface area contributed by atoms with Gasteiger partial charge in [0.15, 0.2) is 6.20 Å². The summed E-state index contributed by atoms with van der Waals surface area (Å²) in [4.78, 5) is 0. The van der Waals surface area contributed by atoms with E-state index in [9.17, 15) is 0 Å². The third kappa shape index (κ3) is 2.80. The molecular weight excluding hydrogens is 382 g/mol. The molecule has 30 heavy (non-hydrogen) atoms. The predicted molar refractivity (Wildman–Crippen MR) is 130 cm³/mol. The van der Waals surface area contributed by atoms with Crippen LogP contribution in [0.25, 0.3) is 44.0 Å². The number of hydrogen-bond acceptors (Lipinski definition) is 1. The molecule has 2 heterocycles. The van der Waals surface area contributed by atoms with E-state index in [-0.39, 0.29) is 0 Å². The second kappa shape index (κ2) is 6.54. The Morgan fingerprint density at radius 2 is 1.60 bits per heavy atom. The summed E-state index contributed by atoms with van der Waals surface area (Å²) in [5.74, 6) is 0. The number of rotatable bonds is 2. The maximum Gasteiger partial charge on any atom is 0.216 e. The molecule has 0 N–H and O–H groups in total. The van der Waals surface area contributed by atoms with E-state index in [4.69, 9.17) is 8.53 Å². The van der Waals surface area contributed by atoms with Crippen LogP contribution in [0.1, 0.15) is 15.2 Å². The summed E-state index contributed by atoms with van der Waals surface area (Å²) >= 11 is 0. The number of hydrogen-bond donors (Lipinski definition) is 0. The van der Waals surface area contributed by atoms with Crippen LogP contribution in [0, 0.1) is 13.8 Å². The molecule has 0 aliphatic carbocycles. The van der Waals surface area contributed by atoms with Crippen molar-refractivity contribution < 1.29 is 13.1 Å². The van der Waals surface area contributed by atoms with Crippen molar-refractivity contribution in [1.82, 2.24) is 0 Å². The van der Waals surface area contributed by atoms with Gasteiger partial charge >= 0.3 is 0 Å². The zero-order chi connectivity index (χ0) is 23.7. The Morgan fingerprint density at radius 3 is 2.37 bits per heavy atom. The molecule has 150 valence electrons. The number of furan rings is 1. The molecule has 0 radical (unpaired) electrons. The first-order valence-electron chi connectivity index (χ1n) is 11.9. The Kier molecular flexibility index (Phi) is 3.46. The van der Waals surface area contributed by atoms with Crippen LogP contribution in [-0.2, 0) is 7.05 Å². The number of nitrogens with zero attached hydrogens (tertiary/aromatic N) is 1. The summed E-state index contributed by atoms with van der Waals surface area (Å²) in [6.45, 7) is 6.53. The predicted octanol–water partition coefficient (Wildman–Crippen LogP) is 6.39. The second-order valence-corrected chi connectivity index (χ2v) is 14.3. The van der Waals surface area contributed by atoms with Gasteiger partial charge in [-0.1, -0.05) is 62.1 Å². The molecule has 0 saturated carbocycles. The lowest BCUT2D eigenvalue weighted by atomic mass is 9.99. The van der Waals surface area contributed by atoms with Gasteiger partial charge < -0.3 is 4.42 Å². The molecule has 0 spiro atoms. The van der Waals surface area contributed by atoms with Gasteiger partial charge in [0, 0.05) is 31.9 Å². The normalized spacial score (nSPS) is 14.2. The number of benzene rings is 3. The third-order valence-corrected chi connectivity index (χ3v) is 8.11. The lowest BCUT2D eigenvalue weighted by Gasteiger charge is -2.19. The molecule has 2 aromatic heterocycles. The van der Waals surface area contributed by atoms with Crippen molar-refractivity contribution in [3.63, 3.8) is 0 Å². The Labute approximate surface area is 183 Å². The minimum absolute atomic E-state index is 0.452. The van der Waals surface area contributed by atoms with Crippen molar-refractivity contribution in [1.29, 1.82) is 0 Å². The van der Waals surface area contributed by atoms with E-state index < -0.39 is 14.9 Å². The van der Waals surface area contributed by atoms with Gasteiger partial charge in [0.2, 0.25) is 5.69 Å². The van der Waals surface area contributed by atoms with Crippen molar-refractivity contribution in [2.75, 3.05) is 0 Å². The van der Waals surface area contributed by atoms with Gasteiger partial charge in [0.25, 0.3) is 0 Å². The summed E-state index contributed by atoms with van der Waals surface area (Å²) in [5, 5.41) is 5.38. The first-order chi connectivity index (χ1) is 15.5. The molecule has 0 amide bonds. The summed E-state index contributed by atoms with van der Waals surface area (Å²) in [7, 11) is -0.00628. The van der Waals surface area contributed by atoms with Crippen molar-refractivity contribution in [3.05, 3.63) is 71.9 Å². The standard InChI is InChI=1S/C27H28NOSi/c1-17-11-13-22-21-14-12-19-9-7-8-10-20(19)26(21)29-27(22)25(17)23-15-24(30(4,5)6)18(2)16-28(23)3/h7-16H,1-6H3/q+1/i2D3. The quantitative estimate of drug-likeness (QED) is 0.242. The van der Waals surface area contributed by atoms with Gasteiger partial charge in [-0.15, -0.1) is 0 Å². The Hall–Kier alpha value is -2.91. The fourth-order valence-corrected chi connectivity index (χ4v) is 5.95. The lowest BCUT2D eigenvalue weighted by Crippen LogP contribution is -2.44.